The highest BCUT2D eigenvalue weighted by Gasteiger charge is 2.23. The molecule has 1 heterocycles. The minimum absolute atomic E-state index is 0.0157. The van der Waals surface area contributed by atoms with Gasteiger partial charge in [0.05, 0.1) is 43.0 Å². The molecule has 1 N–H and O–H groups in total. The normalized spacial score (nSPS) is 11.3. The summed E-state index contributed by atoms with van der Waals surface area (Å²) in [6.07, 6.45) is 0. The van der Waals surface area contributed by atoms with Crippen LogP contribution in [0.3, 0.4) is 0 Å². The molecule has 30 heavy (non-hydrogen) atoms. The van der Waals surface area contributed by atoms with E-state index in [4.69, 9.17) is 9.72 Å². The SMILES string of the molecule is CCOc1ccc(C(=O)N(CC[NH+](CC)CC)c2nc3c(C)c(C)ccc3s2)cc1. The first kappa shape index (κ1) is 22.2. The molecule has 1 aromatic heterocycles. The molecule has 0 aliphatic heterocycles. The van der Waals surface area contributed by atoms with E-state index in [1.165, 1.54) is 16.0 Å². The quantitative estimate of drug-likeness (QED) is 0.565. The first-order valence-corrected chi connectivity index (χ1v) is 11.5. The summed E-state index contributed by atoms with van der Waals surface area (Å²) < 4.78 is 6.64. The molecular weight excluding hydrogens is 394 g/mol. The van der Waals surface area contributed by atoms with Crippen LogP contribution in [0.15, 0.2) is 36.4 Å². The minimum Gasteiger partial charge on any atom is -0.494 e. The van der Waals surface area contributed by atoms with Crippen LogP contribution >= 0.6 is 11.3 Å². The molecular formula is C24H32N3O2S+. The number of nitrogens with zero attached hydrogens (tertiary/aromatic N) is 2. The molecule has 0 aliphatic rings. The van der Waals surface area contributed by atoms with Crippen molar-refractivity contribution in [2.45, 2.75) is 34.6 Å². The summed E-state index contributed by atoms with van der Waals surface area (Å²) in [5, 5.41) is 0.768. The highest BCUT2D eigenvalue weighted by molar-refractivity contribution is 7.22. The third-order valence-electron chi connectivity index (χ3n) is 5.65. The zero-order chi connectivity index (χ0) is 21.7. The molecule has 2 aromatic carbocycles. The van der Waals surface area contributed by atoms with E-state index in [0.717, 1.165) is 40.7 Å². The Labute approximate surface area is 183 Å². The minimum atomic E-state index is -0.0157. The summed E-state index contributed by atoms with van der Waals surface area (Å²) in [4.78, 5) is 21.7. The zero-order valence-electron chi connectivity index (χ0n) is 18.6. The number of quaternary nitrogens is 1. The number of aryl methyl sites for hydroxylation is 2. The predicted octanol–water partition coefficient (Wildman–Crippen LogP) is 3.88. The second-order valence-corrected chi connectivity index (χ2v) is 8.48. The van der Waals surface area contributed by atoms with E-state index >= 15 is 0 Å². The van der Waals surface area contributed by atoms with E-state index in [2.05, 4.69) is 39.8 Å². The number of rotatable bonds is 9. The van der Waals surface area contributed by atoms with E-state index in [1.54, 1.807) is 11.3 Å². The van der Waals surface area contributed by atoms with Gasteiger partial charge >= 0.3 is 0 Å². The lowest BCUT2D eigenvalue weighted by Gasteiger charge is -2.23. The number of anilines is 1. The predicted molar refractivity (Wildman–Crippen MR) is 125 cm³/mol. The van der Waals surface area contributed by atoms with E-state index in [-0.39, 0.29) is 5.91 Å². The molecule has 0 saturated heterocycles. The van der Waals surface area contributed by atoms with Crippen LogP contribution in [0.2, 0.25) is 0 Å². The van der Waals surface area contributed by atoms with Gasteiger partial charge in [0.25, 0.3) is 5.91 Å². The smallest absolute Gasteiger partial charge is 0.260 e. The number of ether oxygens (including phenoxy) is 1. The molecule has 3 aromatic rings. The molecule has 0 atom stereocenters. The monoisotopic (exact) mass is 426 g/mol. The van der Waals surface area contributed by atoms with Crippen LogP contribution in [0.4, 0.5) is 5.13 Å². The first-order chi connectivity index (χ1) is 14.5. The van der Waals surface area contributed by atoms with Gasteiger partial charge in [-0.25, -0.2) is 4.98 Å². The third-order valence-corrected chi connectivity index (χ3v) is 6.69. The number of benzene rings is 2. The lowest BCUT2D eigenvalue weighted by molar-refractivity contribution is -0.894. The number of thiazole rings is 1. The van der Waals surface area contributed by atoms with Crippen molar-refractivity contribution in [3.63, 3.8) is 0 Å². The van der Waals surface area contributed by atoms with Crippen LogP contribution in [-0.2, 0) is 0 Å². The van der Waals surface area contributed by atoms with Gasteiger partial charge in [-0.15, -0.1) is 0 Å². The number of likely N-dealkylation sites (N-methyl/N-ethyl adjacent to an activating group) is 1. The fourth-order valence-corrected chi connectivity index (χ4v) is 4.55. The number of carbonyl (C=O) groups is 1. The lowest BCUT2D eigenvalue weighted by atomic mass is 10.1. The third kappa shape index (κ3) is 4.82. The standard InChI is InChI=1S/C24H31N3O2S/c1-6-26(7-2)15-16-27(23(28)19-10-12-20(13-11-19)29-8-3)24-25-22-18(5)17(4)9-14-21(22)30-24/h9-14H,6-8,15-16H2,1-5H3/p+1. The van der Waals surface area contributed by atoms with Gasteiger partial charge in [-0.3, -0.25) is 9.69 Å². The summed E-state index contributed by atoms with van der Waals surface area (Å²) in [5.74, 6) is 0.761. The fraction of sp³-hybridized carbons (Fsp3) is 0.417. The van der Waals surface area contributed by atoms with Gasteiger partial charge in [-0.1, -0.05) is 17.4 Å². The number of hydrogen-bond donors (Lipinski definition) is 1. The second kappa shape index (κ2) is 10.0. The molecule has 3 rings (SSSR count). The average Bonchev–Trinajstić information content (AvgIpc) is 3.19. The molecule has 0 fully saturated rings. The van der Waals surface area contributed by atoms with E-state index in [9.17, 15) is 4.79 Å². The van der Waals surface area contributed by atoms with E-state index < -0.39 is 0 Å². The number of fused-ring (bicyclic) bond motifs is 1. The van der Waals surface area contributed by atoms with Crippen molar-refractivity contribution in [1.29, 1.82) is 0 Å². The number of aromatic nitrogens is 1. The van der Waals surface area contributed by atoms with Gasteiger partial charge in [0.2, 0.25) is 0 Å². The van der Waals surface area contributed by atoms with Crippen molar-refractivity contribution in [1.82, 2.24) is 4.98 Å². The molecule has 160 valence electrons. The topological polar surface area (TPSA) is 46.9 Å². The number of carbonyl (C=O) groups excluding carboxylic acids is 1. The van der Waals surface area contributed by atoms with Gasteiger partial charge < -0.3 is 9.64 Å². The largest absolute Gasteiger partial charge is 0.494 e. The maximum atomic E-state index is 13.5. The summed E-state index contributed by atoms with van der Waals surface area (Å²) in [5.41, 5.74) is 4.05. The van der Waals surface area contributed by atoms with Crippen LogP contribution in [0.5, 0.6) is 5.75 Å². The number of hydrogen-bond acceptors (Lipinski definition) is 4. The van der Waals surface area contributed by atoms with Gasteiger partial charge in [-0.2, -0.15) is 0 Å². The zero-order valence-corrected chi connectivity index (χ0v) is 19.4. The Kier molecular flexibility index (Phi) is 7.45. The molecule has 5 nitrogen and oxygen atoms in total. The Hall–Kier alpha value is -2.44. The Morgan fingerprint density at radius 3 is 2.40 bits per heavy atom. The van der Waals surface area contributed by atoms with Gasteiger partial charge in [0.15, 0.2) is 5.13 Å². The van der Waals surface area contributed by atoms with Gasteiger partial charge in [0.1, 0.15) is 5.75 Å². The van der Waals surface area contributed by atoms with Crippen LogP contribution < -0.4 is 14.5 Å². The molecule has 6 heteroatoms. The van der Waals surface area contributed by atoms with Crippen molar-refractivity contribution in [2.24, 2.45) is 0 Å². The molecule has 0 spiro atoms. The molecule has 0 aliphatic carbocycles. The highest BCUT2D eigenvalue weighted by Crippen LogP contribution is 2.32. The van der Waals surface area contributed by atoms with Crippen molar-refractivity contribution < 1.29 is 14.4 Å². The van der Waals surface area contributed by atoms with Gasteiger partial charge in [-0.05, 0) is 76.1 Å². The summed E-state index contributed by atoms with van der Waals surface area (Å²) in [7, 11) is 0. The Morgan fingerprint density at radius 1 is 1.07 bits per heavy atom. The van der Waals surface area contributed by atoms with Crippen molar-refractivity contribution in [3.8, 4) is 5.75 Å². The van der Waals surface area contributed by atoms with Crippen molar-refractivity contribution in [2.75, 3.05) is 37.7 Å². The second-order valence-electron chi connectivity index (χ2n) is 7.47. The lowest BCUT2D eigenvalue weighted by Crippen LogP contribution is -3.12. The van der Waals surface area contributed by atoms with Gasteiger partial charge in [0, 0.05) is 5.56 Å². The fourth-order valence-electron chi connectivity index (χ4n) is 3.50. The first-order valence-electron chi connectivity index (χ1n) is 10.7. The molecule has 0 saturated carbocycles. The highest BCUT2D eigenvalue weighted by atomic mass is 32.1. The maximum absolute atomic E-state index is 13.5. The van der Waals surface area contributed by atoms with Crippen molar-refractivity contribution >= 4 is 32.6 Å². The Morgan fingerprint density at radius 2 is 1.77 bits per heavy atom. The molecule has 0 bridgehead atoms. The molecule has 1 amide bonds. The maximum Gasteiger partial charge on any atom is 0.260 e. The van der Waals surface area contributed by atoms with E-state index in [1.807, 2.05) is 36.1 Å². The number of amides is 1. The molecule has 0 unspecified atom stereocenters. The molecule has 0 radical (unpaired) electrons. The van der Waals surface area contributed by atoms with E-state index in [0.29, 0.717) is 18.7 Å². The summed E-state index contributed by atoms with van der Waals surface area (Å²) in [6.45, 7) is 14.7. The van der Waals surface area contributed by atoms with Crippen molar-refractivity contribution in [3.05, 3.63) is 53.1 Å². The van der Waals surface area contributed by atoms with Crippen LogP contribution in [0.1, 0.15) is 42.3 Å². The van der Waals surface area contributed by atoms with Crippen LogP contribution in [0.25, 0.3) is 10.2 Å². The Balaban J connectivity index is 1.95. The summed E-state index contributed by atoms with van der Waals surface area (Å²) >= 11 is 1.59. The van der Waals surface area contributed by atoms with Crippen LogP contribution in [0, 0.1) is 13.8 Å². The number of nitrogens with one attached hydrogen (secondary N) is 1. The summed E-state index contributed by atoms with van der Waals surface area (Å²) in [6, 6.07) is 11.6. The van der Waals surface area contributed by atoms with Crippen LogP contribution in [-0.4, -0.2) is 43.7 Å². The Bertz CT molecular complexity index is 994. The average molecular weight is 427 g/mol.